The Kier molecular flexibility index (Phi) is 3.69. The first-order valence-corrected chi connectivity index (χ1v) is 5.39. The third-order valence-corrected chi connectivity index (χ3v) is 2.82. The maximum atomic E-state index is 3.05. The van der Waals surface area contributed by atoms with E-state index in [0.29, 0.717) is 0 Å². The number of rotatable bonds is 1. The van der Waals surface area contributed by atoms with Crippen LogP contribution in [0.5, 0.6) is 0 Å². The third kappa shape index (κ3) is 2.29. The van der Waals surface area contributed by atoms with Crippen molar-refractivity contribution >= 4 is 10.8 Å². The monoisotopic (exact) mass is 210 g/mol. The van der Waals surface area contributed by atoms with E-state index in [1.807, 2.05) is 12.1 Å². The zero-order valence-electron chi connectivity index (χ0n) is 9.85. The summed E-state index contributed by atoms with van der Waals surface area (Å²) >= 11 is 0. The van der Waals surface area contributed by atoms with Gasteiger partial charge in [0.25, 0.3) is 0 Å². The second-order valence-electron chi connectivity index (χ2n) is 3.82. The van der Waals surface area contributed by atoms with Crippen molar-refractivity contribution in [2.75, 3.05) is 0 Å². The summed E-state index contributed by atoms with van der Waals surface area (Å²) < 4.78 is 0. The van der Waals surface area contributed by atoms with Gasteiger partial charge in [0, 0.05) is 0 Å². The fourth-order valence-corrected chi connectivity index (χ4v) is 2.04. The van der Waals surface area contributed by atoms with Crippen LogP contribution in [0, 0.1) is 6.07 Å². The minimum Gasteiger partial charge on any atom is -0.184 e. The van der Waals surface area contributed by atoms with Gasteiger partial charge in [0.1, 0.15) is 0 Å². The maximum absolute atomic E-state index is 3.05. The average molecular weight is 210 g/mol. The molecule has 0 aromatic heterocycles. The van der Waals surface area contributed by atoms with E-state index < -0.39 is 0 Å². The van der Waals surface area contributed by atoms with Gasteiger partial charge in [0.15, 0.2) is 0 Å². The van der Waals surface area contributed by atoms with Gasteiger partial charge in [-0.25, -0.2) is 0 Å². The summed E-state index contributed by atoms with van der Waals surface area (Å²) in [4.78, 5) is 0. The van der Waals surface area contributed by atoms with Crippen LogP contribution in [0.2, 0.25) is 0 Å². The molecule has 0 heterocycles. The molecule has 3 rings (SSSR count). The molecule has 0 aliphatic carbocycles. The van der Waals surface area contributed by atoms with E-state index in [-0.39, 0.29) is 18.9 Å². The van der Waals surface area contributed by atoms with E-state index in [4.69, 9.17) is 0 Å². The standard InChI is InChI=1S/C16H11.Li/c1-2-7-13(8-3-1)16-12-6-10-14-9-4-5-11-15(14)16;/h2-12H;/q-1;+1. The number of hydrogen-bond acceptors (Lipinski definition) is 0. The third-order valence-electron chi connectivity index (χ3n) is 2.82. The molecule has 1 heteroatoms. The van der Waals surface area contributed by atoms with Crippen LogP contribution in [0.25, 0.3) is 21.9 Å². The molecule has 0 atom stereocenters. The first-order chi connectivity index (χ1) is 7.95. The van der Waals surface area contributed by atoms with Crippen LogP contribution in [0.15, 0.2) is 66.7 Å². The van der Waals surface area contributed by atoms with Crippen molar-refractivity contribution < 1.29 is 18.9 Å². The van der Waals surface area contributed by atoms with Gasteiger partial charge in [-0.05, 0) is 16.3 Å². The molecule has 3 aromatic carbocycles. The molecule has 0 bridgehead atoms. The molecular weight excluding hydrogens is 199 g/mol. The molecule has 0 N–H and O–H groups in total. The SMILES string of the molecule is [Li+].[c-]1ccc(-c2cccc3ccccc23)cc1. The summed E-state index contributed by atoms with van der Waals surface area (Å²) in [5, 5.41) is 2.59. The minimum atomic E-state index is 0. The van der Waals surface area contributed by atoms with Gasteiger partial charge >= 0.3 is 18.9 Å². The van der Waals surface area contributed by atoms with E-state index in [1.165, 1.54) is 21.9 Å². The Morgan fingerprint density at radius 3 is 2.24 bits per heavy atom. The summed E-state index contributed by atoms with van der Waals surface area (Å²) in [6.45, 7) is 0. The van der Waals surface area contributed by atoms with Gasteiger partial charge in [-0.3, -0.25) is 0 Å². The zero-order valence-corrected chi connectivity index (χ0v) is 9.85. The van der Waals surface area contributed by atoms with E-state index in [2.05, 4.69) is 60.7 Å². The predicted molar refractivity (Wildman–Crippen MR) is 68.2 cm³/mol. The second kappa shape index (κ2) is 5.23. The molecular formula is C16H11Li. The fourth-order valence-electron chi connectivity index (χ4n) is 2.04. The molecule has 0 nitrogen and oxygen atoms in total. The first kappa shape index (κ1) is 12.0. The van der Waals surface area contributed by atoms with Crippen LogP contribution < -0.4 is 18.9 Å². The van der Waals surface area contributed by atoms with Crippen molar-refractivity contribution in [3.05, 3.63) is 72.8 Å². The molecule has 0 aliphatic heterocycles. The Morgan fingerprint density at radius 2 is 1.41 bits per heavy atom. The van der Waals surface area contributed by atoms with Crippen LogP contribution in [-0.4, -0.2) is 0 Å². The van der Waals surface area contributed by atoms with E-state index in [0.717, 1.165) is 0 Å². The van der Waals surface area contributed by atoms with Gasteiger partial charge in [-0.1, -0.05) is 42.5 Å². The molecule has 0 fully saturated rings. The van der Waals surface area contributed by atoms with Crippen LogP contribution in [0.3, 0.4) is 0 Å². The van der Waals surface area contributed by atoms with Crippen molar-refractivity contribution in [3.63, 3.8) is 0 Å². The van der Waals surface area contributed by atoms with Gasteiger partial charge in [-0.15, -0.1) is 5.56 Å². The summed E-state index contributed by atoms with van der Waals surface area (Å²) in [7, 11) is 0. The summed E-state index contributed by atoms with van der Waals surface area (Å²) in [5.41, 5.74) is 2.53. The molecule has 76 valence electrons. The number of fused-ring (bicyclic) bond motifs is 1. The van der Waals surface area contributed by atoms with Crippen molar-refractivity contribution in [2.45, 2.75) is 0 Å². The Bertz CT molecular complexity index is 609. The normalized spacial score (nSPS) is 9.88. The molecule has 0 spiro atoms. The average Bonchev–Trinajstić information content (AvgIpc) is 2.39. The molecule has 0 saturated carbocycles. The predicted octanol–water partition coefficient (Wildman–Crippen LogP) is 1.31. The van der Waals surface area contributed by atoms with Gasteiger partial charge in [0.2, 0.25) is 0 Å². The molecule has 0 saturated heterocycles. The Balaban J connectivity index is 0.00000108. The van der Waals surface area contributed by atoms with Crippen molar-refractivity contribution in [1.82, 2.24) is 0 Å². The van der Waals surface area contributed by atoms with Gasteiger partial charge < -0.3 is 0 Å². The van der Waals surface area contributed by atoms with E-state index >= 15 is 0 Å². The minimum absolute atomic E-state index is 0. The van der Waals surface area contributed by atoms with Gasteiger partial charge in [-0.2, -0.15) is 30.3 Å². The smallest absolute Gasteiger partial charge is 0.184 e. The molecule has 3 aromatic rings. The number of hydrogen-bond donors (Lipinski definition) is 0. The van der Waals surface area contributed by atoms with Crippen LogP contribution in [0.1, 0.15) is 0 Å². The Labute approximate surface area is 113 Å². The molecule has 0 aliphatic rings. The molecule has 17 heavy (non-hydrogen) atoms. The largest absolute Gasteiger partial charge is 1.00 e. The Hall–Kier alpha value is -1.48. The quantitative estimate of drug-likeness (QED) is 0.419. The zero-order chi connectivity index (χ0) is 10.8. The summed E-state index contributed by atoms with van der Waals surface area (Å²) in [6.07, 6.45) is 0. The van der Waals surface area contributed by atoms with Crippen LogP contribution in [0.4, 0.5) is 0 Å². The first-order valence-electron chi connectivity index (χ1n) is 5.39. The Morgan fingerprint density at radius 1 is 0.706 bits per heavy atom. The molecule has 0 unspecified atom stereocenters. The van der Waals surface area contributed by atoms with Crippen molar-refractivity contribution in [1.29, 1.82) is 0 Å². The van der Waals surface area contributed by atoms with Crippen LogP contribution >= 0.6 is 0 Å². The van der Waals surface area contributed by atoms with Crippen LogP contribution in [-0.2, 0) is 0 Å². The van der Waals surface area contributed by atoms with Crippen molar-refractivity contribution in [2.24, 2.45) is 0 Å². The maximum Gasteiger partial charge on any atom is 1.00 e. The van der Waals surface area contributed by atoms with Gasteiger partial charge in [0.05, 0.1) is 0 Å². The molecule has 0 amide bonds. The molecule has 0 radical (unpaired) electrons. The number of benzene rings is 3. The summed E-state index contributed by atoms with van der Waals surface area (Å²) in [6, 6.07) is 26.0. The van der Waals surface area contributed by atoms with E-state index in [1.54, 1.807) is 0 Å². The second-order valence-corrected chi connectivity index (χ2v) is 3.82. The van der Waals surface area contributed by atoms with E-state index in [9.17, 15) is 0 Å². The van der Waals surface area contributed by atoms with Crippen molar-refractivity contribution in [3.8, 4) is 11.1 Å². The topological polar surface area (TPSA) is 0 Å². The summed E-state index contributed by atoms with van der Waals surface area (Å²) in [5.74, 6) is 0. The fraction of sp³-hybridized carbons (Fsp3) is 0.